The average Bonchev–Trinajstić information content (AvgIpc) is 3.09. The fraction of sp³-hybridized carbons (Fsp3) is 0.741. The van der Waals surface area contributed by atoms with E-state index in [1.54, 1.807) is 11.8 Å². The van der Waals surface area contributed by atoms with Gasteiger partial charge in [0.15, 0.2) is 0 Å². The molecule has 0 N–H and O–H groups in total. The van der Waals surface area contributed by atoms with Crippen LogP contribution in [0, 0.1) is 34.5 Å². The average molecular weight is 442 g/mol. The molecule has 3 aliphatic carbocycles. The fourth-order valence-electron chi connectivity index (χ4n) is 8.39. The third-order valence-corrected chi connectivity index (χ3v) is 10.8. The lowest BCUT2D eigenvalue weighted by atomic mass is 9.45. The molecule has 4 heteroatoms. The Morgan fingerprint density at radius 3 is 2.55 bits per heavy atom. The quantitative estimate of drug-likeness (QED) is 0.518. The summed E-state index contributed by atoms with van der Waals surface area (Å²) in [6, 6.07) is 9.05. The van der Waals surface area contributed by atoms with E-state index in [0.717, 1.165) is 36.3 Å². The molecule has 4 aliphatic rings. The summed E-state index contributed by atoms with van der Waals surface area (Å²) in [4.78, 5) is 15.9. The summed E-state index contributed by atoms with van der Waals surface area (Å²) in [5.41, 5.74) is 0.687. The Labute approximate surface area is 192 Å². The van der Waals surface area contributed by atoms with Crippen LogP contribution in [0.5, 0.6) is 5.75 Å². The summed E-state index contributed by atoms with van der Waals surface area (Å²) in [7, 11) is 2.06. The van der Waals surface area contributed by atoms with E-state index in [2.05, 4.69) is 63.2 Å². The van der Waals surface area contributed by atoms with Gasteiger partial charge in [-0.1, -0.05) is 20.8 Å². The first-order valence-corrected chi connectivity index (χ1v) is 13.5. The standard InChI is InChI=1S/C27H39NO2S/c1-17-14-23-27(3,13-11-24(29)28(23)4)21-10-12-26(2)16-19(15-22(26)25(17)21)30-18-6-8-20(31-5)9-7-18/h6-9,17,19,21-23,25H,10-16H2,1-5H3/t17?,19?,21-,22+,23?,25-,26-,27-/m1/s1. The highest BCUT2D eigenvalue weighted by molar-refractivity contribution is 7.98. The van der Waals surface area contributed by atoms with Crippen LogP contribution in [0.25, 0.3) is 0 Å². The largest absolute Gasteiger partial charge is 0.490 e. The maximum Gasteiger partial charge on any atom is 0.222 e. The van der Waals surface area contributed by atoms with Gasteiger partial charge in [-0.2, -0.15) is 0 Å². The third kappa shape index (κ3) is 3.43. The SMILES string of the molecule is CSc1ccc(OC2C[C@H]3[C@@H]4C(C)CC5N(C)C(=O)CC[C@]5(C)[C@@H]4CC[C@]3(C)C2)cc1. The predicted molar refractivity (Wildman–Crippen MR) is 127 cm³/mol. The van der Waals surface area contributed by atoms with Gasteiger partial charge in [0.2, 0.25) is 5.91 Å². The van der Waals surface area contributed by atoms with Gasteiger partial charge in [0.05, 0.1) is 6.10 Å². The second kappa shape index (κ2) is 7.71. The minimum atomic E-state index is 0.285. The molecule has 5 rings (SSSR count). The zero-order valence-electron chi connectivity index (χ0n) is 19.9. The normalized spacial score (nSPS) is 44.4. The lowest BCUT2D eigenvalue weighted by molar-refractivity contribution is -0.164. The van der Waals surface area contributed by atoms with Crippen LogP contribution in [-0.4, -0.2) is 36.3 Å². The van der Waals surface area contributed by atoms with Gasteiger partial charge in [-0.25, -0.2) is 0 Å². The predicted octanol–water partition coefficient (Wildman–Crippen LogP) is 6.27. The van der Waals surface area contributed by atoms with Gasteiger partial charge in [-0.05, 0) is 104 Å². The zero-order valence-corrected chi connectivity index (χ0v) is 20.7. The van der Waals surface area contributed by atoms with Crippen LogP contribution in [0.2, 0.25) is 0 Å². The molecule has 3 nitrogen and oxygen atoms in total. The van der Waals surface area contributed by atoms with Crippen LogP contribution in [0.4, 0.5) is 0 Å². The second-order valence-electron chi connectivity index (χ2n) is 11.6. The van der Waals surface area contributed by atoms with E-state index in [0.29, 0.717) is 29.4 Å². The molecular weight excluding hydrogens is 402 g/mol. The molecule has 1 aromatic rings. The zero-order chi connectivity index (χ0) is 22.0. The van der Waals surface area contributed by atoms with Crippen molar-refractivity contribution in [3.63, 3.8) is 0 Å². The van der Waals surface area contributed by atoms with Crippen molar-refractivity contribution in [1.29, 1.82) is 0 Å². The summed E-state index contributed by atoms with van der Waals surface area (Å²) in [6.07, 6.45) is 10.5. The molecule has 4 fully saturated rings. The maximum atomic E-state index is 12.5. The van der Waals surface area contributed by atoms with Crippen molar-refractivity contribution in [2.75, 3.05) is 13.3 Å². The van der Waals surface area contributed by atoms with Crippen molar-refractivity contribution < 1.29 is 9.53 Å². The number of amides is 1. The van der Waals surface area contributed by atoms with E-state index in [-0.39, 0.29) is 5.41 Å². The maximum absolute atomic E-state index is 12.5. The summed E-state index contributed by atoms with van der Waals surface area (Å²) < 4.78 is 6.55. The van der Waals surface area contributed by atoms with Crippen LogP contribution in [0.1, 0.15) is 65.7 Å². The Morgan fingerprint density at radius 1 is 1.10 bits per heavy atom. The van der Waals surface area contributed by atoms with E-state index in [1.165, 1.54) is 37.0 Å². The van der Waals surface area contributed by atoms with Crippen molar-refractivity contribution in [1.82, 2.24) is 4.90 Å². The Kier molecular flexibility index (Phi) is 5.39. The monoisotopic (exact) mass is 441 g/mol. The molecule has 1 heterocycles. The third-order valence-electron chi connectivity index (χ3n) is 10.0. The number of carbonyl (C=O) groups is 1. The Bertz CT molecular complexity index is 840. The first-order valence-electron chi connectivity index (χ1n) is 12.3. The number of rotatable bonds is 3. The Hall–Kier alpha value is -1.16. The highest BCUT2D eigenvalue weighted by Crippen LogP contribution is 2.66. The number of piperidine rings is 1. The molecule has 8 atom stereocenters. The van der Waals surface area contributed by atoms with Crippen LogP contribution in [0.3, 0.4) is 0 Å². The fourth-order valence-corrected chi connectivity index (χ4v) is 8.80. The van der Waals surface area contributed by atoms with E-state index >= 15 is 0 Å². The molecule has 0 aromatic heterocycles. The number of likely N-dealkylation sites (tertiary alicyclic amines) is 1. The number of nitrogens with zero attached hydrogens (tertiary/aromatic N) is 1. The number of thioether (sulfide) groups is 1. The number of benzene rings is 1. The van der Waals surface area contributed by atoms with Crippen LogP contribution < -0.4 is 4.74 Å². The summed E-state index contributed by atoms with van der Waals surface area (Å²) >= 11 is 1.78. The molecule has 0 spiro atoms. The lowest BCUT2D eigenvalue weighted by Crippen LogP contribution is -2.62. The highest BCUT2D eigenvalue weighted by atomic mass is 32.2. The molecule has 170 valence electrons. The first kappa shape index (κ1) is 21.7. The highest BCUT2D eigenvalue weighted by Gasteiger charge is 2.62. The molecule has 31 heavy (non-hydrogen) atoms. The molecule has 3 saturated carbocycles. The lowest BCUT2D eigenvalue weighted by Gasteiger charge is -2.63. The van der Waals surface area contributed by atoms with Crippen molar-refractivity contribution >= 4 is 17.7 Å². The summed E-state index contributed by atoms with van der Waals surface area (Å²) in [5.74, 6) is 4.33. The molecule has 0 radical (unpaired) electrons. The molecule has 3 unspecified atom stereocenters. The molecular formula is C27H39NO2S. The van der Waals surface area contributed by atoms with E-state index < -0.39 is 0 Å². The Balaban J connectivity index is 1.37. The van der Waals surface area contributed by atoms with Gasteiger partial charge >= 0.3 is 0 Å². The molecule has 0 bridgehead atoms. The topological polar surface area (TPSA) is 29.5 Å². The van der Waals surface area contributed by atoms with E-state index in [1.807, 2.05) is 0 Å². The molecule has 1 saturated heterocycles. The number of hydrogen-bond donors (Lipinski definition) is 0. The van der Waals surface area contributed by atoms with Crippen molar-refractivity contribution in [2.24, 2.45) is 34.5 Å². The molecule has 1 amide bonds. The smallest absolute Gasteiger partial charge is 0.222 e. The number of fused-ring (bicyclic) bond motifs is 5. The van der Waals surface area contributed by atoms with E-state index in [4.69, 9.17) is 4.74 Å². The van der Waals surface area contributed by atoms with Gasteiger partial charge < -0.3 is 9.64 Å². The van der Waals surface area contributed by atoms with Gasteiger partial charge in [0.1, 0.15) is 5.75 Å². The van der Waals surface area contributed by atoms with Gasteiger partial charge in [0.25, 0.3) is 0 Å². The van der Waals surface area contributed by atoms with Crippen molar-refractivity contribution in [3.05, 3.63) is 24.3 Å². The summed E-state index contributed by atoms with van der Waals surface area (Å²) in [6.45, 7) is 7.54. The first-order chi connectivity index (χ1) is 14.7. The van der Waals surface area contributed by atoms with Gasteiger partial charge in [-0.3, -0.25) is 4.79 Å². The van der Waals surface area contributed by atoms with Crippen molar-refractivity contribution in [3.8, 4) is 5.75 Å². The minimum Gasteiger partial charge on any atom is -0.490 e. The van der Waals surface area contributed by atoms with Gasteiger partial charge in [0, 0.05) is 24.4 Å². The number of hydrogen-bond acceptors (Lipinski definition) is 3. The second-order valence-corrected chi connectivity index (χ2v) is 12.5. The number of carbonyl (C=O) groups excluding carboxylic acids is 1. The van der Waals surface area contributed by atoms with Crippen LogP contribution in [0.15, 0.2) is 29.2 Å². The van der Waals surface area contributed by atoms with E-state index in [9.17, 15) is 4.79 Å². The molecule has 1 aliphatic heterocycles. The number of ether oxygens (including phenoxy) is 1. The molecule has 1 aromatic carbocycles. The Morgan fingerprint density at radius 2 is 1.84 bits per heavy atom. The van der Waals surface area contributed by atoms with Crippen LogP contribution in [-0.2, 0) is 4.79 Å². The summed E-state index contributed by atoms with van der Waals surface area (Å²) in [5, 5.41) is 0. The minimum absolute atomic E-state index is 0.285. The van der Waals surface area contributed by atoms with Crippen molar-refractivity contribution in [2.45, 2.75) is 82.8 Å². The van der Waals surface area contributed by atoms with Crippen LogP contribution >= 0.6 is 11.8 Å². The van der Waals surface area contributed by atoms with Gasteiger partial charge in [-0.15, -0.1) is 11.8 Å².